The van der Waals surface area contributed by atoms with E-state index in [1.807, 2.05) is 7.05 Å². The monoisotopic (exact) mass is 294 g/mol. The molecule has 0 fully saturated rings. The highest BCUT2D eigenvalue weighted by Crippen LogP contribution is 2.11. The predicted octanol–water partition coefficient (Wildman–Crippen LogP) is 0.618. The van der Waals surface area contributed by atoms with E-state index in [1.165, 1.54) is 0 Å². The Kier molecular flexibility index (Phi) is 4.53. The predicted molar refractivity (Wildman–Crippen MR) is 76.4 cm³/mol. The van der Waals surface area contributed by atoms with Gasteiger partial charge >= 0.3 is 0 Å². The van der Waals surface area contributed by atoms with E-state index in [0.29, 0.717) is 12.2 Å². The van der Waals surface area contributed by atoms with Gasteiger partial charge in [-0.05, 0) is 30.8 Å². The zero-order chi connectivity index (χ0) is 14.6. The molecule has 0 aliphatic carbocycles. The SMILES string of the molecule is CNCc1ccc(S(=O)(=O)NCc2ccn(C)n2)cc1. The van der Waals surface area contributed by atoms with E-state index in [0.717, 1.165) is 5.56 Å². The van der Waals surface area contributed by atoms with Gasteiger partial charge in [-0.1, -0.05) is 12.1 Å². The molecule has 0 spiro atoms. The van der Waals surface area contributed by atoms with Crippen molar-refractivity contribution in [2.24, 2.45) is 7.05 Å². The Morgan fingerprint density at radius 2 is 1.85 bits per heavy atom. The fourth-order valence-electron chi connectivity index (χ4n) is 1.80. The second-order valence-electron chi connectivity index (χ2n) is 4.48. The first-order valence-corrected chi connectivity index (χ1v) is 7.71. The lowest BCUT2D eigenvalue weighted by atomic mass is 10.2. The second-order valence-corrected chi connectivity index (χ2v) is 6.25. The molecule has 20 heavy (non-hydrogen) atoms. The number of aryl methyl sites for hydroxylation is 1. The number of benzene rings is 1. The van der Waals surface area contributed by atoms with Crippen molar-refractivity contribution >= 4 is 10.0 Å². The van der Waals surface area contributed by atoms with Crippen molar-refractivity contribution in [3.63, 3.8) is 0 Å². The second kappa shape index (κ2) is 6.17. The maximum Gasteiger partial charge on any atom is 0.240 e. The first-order valence-electron chi connectivity index (χ1n) is 6.23. The Morgan fingerprint density at radius 3 is 2.40 bits per heavy atom. The lowest BCUT2D eigenvalue weighted by molar-refractivity contribution is 0.579. The average Bonchev–Trinajstić information content (AvgIpc) is 2.84. The van der Waals surface area contributed by atoms with Crippen LogP contribution >= 0.6 is 0 Å². The number of hydrogen-bond donors (Lipinski definition) is 2. The average molecular weight is 294 g/mol. The minimum Gasteiger partial charge on any atom is -0.316 e. The fourth-order valence-corrected chi connectivity index (χ4v) is 2.80. The number of aromatic nitrogens is 2. The van der Waals surface area contributed by atoms with Crippen LogP contribution in [-0.4, -0.2) is 25.2 Å². The molecule has 7 heteroatoms. The van der Waals surface area contributed by atoms with Crippen molar-refractivity contribution in [3.8, 4) is 0 Å². The highest BCUT2D eigenvalue weighted by atomic mass is 32.2. The quantitative estimate of drug-likeness (QED) is 0.819. The van der Waals surface area contributed by atoms with E-state index >= 15 is 0 Å². The Labute approximate surface area is 118 Å². The Hall–Kier alpha value is -1.70. The standard InChI is InChI=1S/C13H18N4O2S/c1-14-9-11-3-5-13(6-4-11)20(18,19)15-10-12-7-8-17(2)16-12/h3-8,14-15H,9-10H2,1-2H3. The molecule has 2 rings (SSSR count). The van der Waals surface area contributed by atoms with E-state index in [-0.39, 0.29) is 11.4 Å². The number of hydrogen-bond acceptors (Lipinski definition) is 4. The minimum atomic E-state index is -3.50. The summed E-state index contributed by atoms with van der Waals surface area (Å²) in [5, 5.41) is 7.14. The van der Waals surface area contributed by atoms with Crippen LogP contribution in [0.25, 0.3) is 0 Å². The number of sulfonamides is 1. The van der Waals surface area contributed by atoms with E-state index < -0.39 is 10.0 Å². The van der Waals surface area contributed by atoms with E-state index in [1.54, 1.807) is 48.3 Å². The topological polar surface area (TPSA) is 76.0 Å². The van der Waals surface area contributed by atoms with Crippen molar-refractivity contribution in [2.75, 3.05) is 7.05 Å². The molecular formula is C13H18N4O2S. The van der Waals surface area contributed by atoms with Gasteiger partial charge in [0.2, 0.25) is 10.0 Å². The highest BCUT2D eigenvalue weighted by molar-refractivity contribution is 7.89. The molecule has 0 unspecified atom stereocenters. The van der Waals surface area contributed by atoms with Crippen molar-refractivity contribution in [3.05, 3.63) is 47.8 Å². The zero-order valence-corrected chi connectivity index (χ0v) is 12.3. The molecule has 0 saturated heterocycles. The van der Waals surface area contributed by atoms with Gasteiger partial charge in [-0.2, -0.15) is 5.10 Å². The molecule has 1 heterocycles. The van der Waals surface area contributed by atoms with Crippen LogP contribution in [0, 0.1) is 0 Å². The van der Waals surface area contributed by atoms with Gasteiger partial charge in [-0.15, -0.1) is 0 Å². The molecule has 2 aromatic rings. The van der Waals surface area contributed by atoms with Gasteiger partial charge < -0.3 is 5.32 Å². The summed E-state index contributed by atoms with van der Waals surface area (Å²) < 4.78 is 28.4. The summed E-state index contributed by atoms with van der Waals surface area (Å²) in [6.45, 7) is 0.892. The van der Waals surface area contributed by atoms with Crippen LogP contribution in [0.1, 0.15) is 11.3 Å². The molecule has 0 atom stereocenters. The summed E-state index contributed by atoms with van der Waals surface area (Å²) in [4.78, 5) is 0.258. The summed E-state index contributed by atoms with van der Waals surface area (Å²) in [5.41, 5.74) is 1.72. The third-order valence-electron chi connectivity index (χ3n) is 2.83. The fraction of sp³-hybridized carbons (Fsp3) is 0.308. The molecule has 108 valence electrons. The van der Waals surface area contributed by atoms with Crippen LogP contribution in [0.15, 0.2) is 41.4 Å². The van der Waals surface area contributed by atoms with Crippen LogP contribution < -0.4 is 10.0 Å². The van der Waals surface area contributed by atoms with Gasteiger partial charge in [0.1, 0.15) is 0 Å². The molecule has 0 aliphatic heterocycles. The summed E-state index contributed by atoms with van der Waals surface area (Å²) in [6, 6.07) is 8.58. The normalized spacial score (nSPS) is 11.7. The minimum absolute atomic E-state index is 0.182. The Bertz CT molecular complexity index is 662. The third kappa shape index (κ3) is 3.66. The molecular weight excluding hydrogens is 276 g/mol. The van der Waals surface area contributed by atoms with Crippen LogP contribution in [-0.2, 0) is 30.2 Å². The van der Waals surface area contributed by atoms with Gasteiger partial charge in [-0.25, -0.2) is 13.1 Å². The molecule has 1 aromatic carbocycles. The maximum atomic E-state index is 12.1. The van der Waals surface area contributed by atoms with Crippen LogP contribution in [0.3, 0.4) is 0 Å². The van der Waals surface area contributed by atoms with E-state index in [9.17, 15) is 8.42 Å². The van der Waals surface area contributed by atoms with Crippen molar-refractivity contribution < 1.29 is 8.42 Å². The first kappa shape index (κ1) is 14.7. The maximum absolute atomic E-state index is 12.1. The van der Waals surface area contributed by atoms with Gasteiger partial charge in [-0.3, -0.25) is 4.68 Å². The molecule has 2 N–H and O–H groups in total. The van der Waals surface area contributed by atoms with Crippen LogP contribution in [0.2, 0.25) is 0 Å². The molecule has 0 saturated carbocycles. The van der Waals surface area contributed by atoms with Crippen LogP contribution in [0.4, 0.5) is 0 Å². The van der Waals surface area contributed by atoms with E-state index in [2.05, 4.69) is 15.1 Å². The van der Waals surface area contributed by atoms with E-state index in [4.69, 9.17) is 0 Å². The van der Waals surface area contributed by atoms with Gasteiger partial charge in [0, 0.05) is 19.8 Å². The molecule has 0 bridgehead atoms. The first-order chi connectivity index (χ1) is 9.51. The smallest absolute Gasteiger partial charge is 0.240 e. The highest BCUT2D eigenvalue weighted by Gasteiger charge is 2.13. The van der Waals surface area contributed by atoms with Gasteiger partial charge in [0.15, 0.2) is 0 Å². The third-order valence-corrected chi connectivity index (χ3v) is 4.24. The van der Waals surface area contributed by atoms with Crippen molar-refractivity contribution in [1.82, 2.24) is 19.8 Å². The van der Waals surface area contributed by atoms with Crippen LogP contribution in [0.5, 0.6) is 0 Å². The number of nitrogens with zero attached hydrogens (tertiary/aromatic N) is 2. The van der Waals surface area contributed by atoms with Gasteiger partial charge in [0.05, 0.1) is 17.1 Å². The number of nitrogens with one attached hydrogen (secondary N) is 2. The summed E-state index contributed by atoms with van der Waals surface area (Å²) >= 11 is 0. The molecule has 0 aliphatic rings. The Morgan fingerprint density at radius 1 is 1.15 bits per heavy atom. The number of rotatable bonds is 6. The lowest BCUT2D eigenvalue weighted by Gasteiger charge is -2.06. The Balaban J connectivity index is 2.05. The lowest BCUT2D eigenvalue weighted by Crippen LogP contribution is -2.23. The van der Waals surface area contributed by atoms with Crippen molar-refractivity contribution in [2.45, 2.75) is 18.0 Å². The molecule has 0 radical (unpaired) electrons. The summed E-state index contributed by atoms with van der Waals surface area (Å²) in [6.07, 6.45) is 1.77. The molecule has 1 aromatic heterocycles. The van der Waals surface area contributed by atoms with Gasteiger partial charge in [0.25, 0.3) is 0 Å². The summed E-state index contributed by atoms with van der Waals surface area (Å²) in [7, 11) is 0.136. The summed E-state index contributed by atoms with van der Waals surface area (Å²) in [5.74, 6) is 0. The zero-order valence-electron chi connectivity index (χ0n) is 11.5. The molecule has 6 nitrogen and oxygen atoms in total. The molecule has 0 amide bonds. The van der Waals surface area contributed by atoms with Crippen molar-refractivity contribution in [1.29, 1.82) is 0 Å². The largest absolute Gasteiger partial charge is 0.316 e.